The minimum absolute atomic E-state index is 0.150. The lowest BCUT2D eigenvalue weighted by molar-refractivity contribution is 0.0547. The molecule has 0 heterocycles. The Balaban J connectivity index is 1.76. The highest BCUT2D eigenvalue weighted by molar-refractivity contribution is 6.09. The highest BCUT2D eigenvalue weighted by atomic mass is 16.5. The third-order valence-corrected chi connectivity index (χ3v) is 5.63. The second kappa shape index (κ2) is 11.1. The van der Waals surface area contributed by atoms with Crippen LogP contribution in [0, 0.1) is 0 Å². The molecule has 0 fully saturated rings. The van der Waals surface area contributed by atoms with Crippen molar-refractivity contribution in [3.63, 3.8) is 0 Å². The number of aliphatic hydroxyl groups is 2. The normalized spacial score (nSPS) is 21.8. The van der Waals surface area contributed by atoms with Crippen molar-refractivity contribution in [3.8, 4) is 11.5 Å². The number of carbonyl (C=O) groups is 2. The van der Waals surface area contributed by atoms with Crippen molar-refractivity contribution in [2.75, 3.05) is 0 Å². The molecule has 0 amide bonds. The smallest absolute Gasteiger partial charge is 0.202 e. The van der Waals surface area contributed by atoms with E-state index in [0.717, 1.165) is 18.9 Å². The van der Waals surface area contributed by atoms with Crippen LogP contribution in [0.4, 0.5) is 0 Å². The maximum atomic E-state index is 13.1. The van der Waals surface area contributed by atoms with Crippen LogP contribution in [0.5, 0.6) is 11.5 Å². The van der Waals surface area contributed by atoms with Crippen LogP contribution in [0.15, 0.2) is 97.0 Å². The molecule has 0 radical (unpaired) electrons. The number of ether oxygens (including phenoxy) is 2. The second-order valence-electron chi connectivity index (χ2n) is 8.26. The minimum atomic E-state index is -2.00. The molecule has 6 heteroatoms. The maximum Gasteiger partial charge on any atom is 0.202 e. The lowest BCUT2D eigenvalue weighted by Gasteiger charge is -2.32. The number of carbonyl (C=O) groups excluding carboxylic acids is 2. The third-order valence-electron chi connectivity index (χ3n) is 5.63. The number of benzene rings is 2. The number of Topliss-reactive ketones (excluding diaryl/α,β-unsaturated/α-hetero) is 2. The van der Waals surface area contributed by atoms with E-state index in [0.29, 0.717) is 11.5 Å². The molecule has 0 spiro atoms. The number of hydrogen-bond donors (Lipinski definition) is 2. The van der Waals surface area contributed by atoms with E-state index in [1.54, 1.807) is 61.1 Å². The third kappa shape index (κ3) is 5.85. The van der Waals surface area contributed by atoms with Crippen LogP contribution in [0.1, 0.15) is 54.3 Å². The van der Waals surface area contributed by atoms with Gasteiger partial charge in [0.2, 0.25) is 11.6 Å². The quantitative estimate of drug-likeness (QED) is 0.274. The van der Waals surface area contributed by atoms with Gasteiger partial charge in [0.15, 0.2) is 11.2 Å². The van der Waals surface area contributed by atoms with E-state index in [9.17, 15) is 19.8 Å². The van der Waals surface area contributed by atoms with Gasteiger partial charge < -0.3 is 19.7 Å². The molecule has 2 aromatic rings. The zero-order valence-corrected chi connectivity index (χ0v) is 20.1. The van der Waals surface area contributed by atoms with Gasteiger partial charge in [0, 0.05) is 11.1 Å². The van der Waals surface area contributed by atoms with E-state index in [1.165, 1.54) is 19.1 Å². The van der Waals surface area contributed by atoms with Crippen molar-refractivity contribution in [1.29, 1.82) is 0 Å². The lowest BCUT2D eigenvalue weighted by Crippen LogP contribution is -2.45. The molecule has 0 aromatic heterocycles. The van der Waals surface area contributed by atoms with Crippen molar-refractivity contribution >= 4 is 11.6 Å². The summed E-state index contributed by atoms with van der Waals surface area (Å²) in [6.07, 6.45) is 12.1. The largest absolute Gasteiger partial charge is 0.465 e. The highest BCUT2D eigenvalue weighted by Crippen LogP contribution is 2.33. The molecule has 35 heavy (non-hydrogen) atoms. The Labute approximate surface area is 205 Å². The molecule has 0 aliphatic heterocycles. The number of rotatable bonds is 10. The Morgan fingerprint density at radius 2 is 1.23 bits per heavy atom. The summed E-state index contributed by atoms with van der Waals surface area (Å²) in [7, 11) is 0. The summed E-state index contributed by atoms with van der Waals surface area (Å²) in [5.74, 6) is -0.0430. The van der Waals surface area contributed by atoms with Gasteiger partial charge in [0.25, 0.3) is 0 Å². The molecule has 182 valence electrons. The molecule has 2 N–H and O–H groups in total. The Morgan fingerprint density at radius 1 is 0.771 bits per heavy atom. The zero-order chi connectivity index (χ0) is 25.5. The Hall–Kier alpha value is -3.74. The van der Waals surface area contributed by atoms with Crippen LogP contribution in [-0.2, 0) is 0 Å². The van der Waals surface area contributed by atoms with Gasteiger partial charge in [0.05, 0.1) is 12.5 Å². The first-order chi connectivity index (χ1) is 16.7. The average Bonchev–Trinajstić information content (AvgIpc) is 2.87. The lowest BCUT2D eigenvalue weighted by atomic mass is 9.77. The monoisotopic (exact) mass is 474 g/mol. The second-order valence-corrected chi connectivity index (χ2v) is 8.26. The van der Waals surface area contributed by atoms with Gasteiger partial charge >= 0.3 is 0 Å². The molecule has 1 aliphatic rings. The van der Waals surface area contributed by atoms with E-state index in [-0.39, 0.29) is 16.7 Å². The molecule has 0 bridgehead atoms. The standard InChI is InChI=1S/C29H30O6/c1-4-6-18-34-24-12-8-22(9-13-24)26(30)28(32)16-17-29(33,21(3)20-28)27(31)23-10-14-25(15-11-23)35-19-7-5-2/h6-20,32-33H,4-5H2,1-3H3. The van der Waals surface area contributed by atoms with Gasteiger partial charge in [-0.15, -0.1) is 0 Å². The Kier molecular flexibility index (Phi) is 8.22. The van der Waals surface area contributed by atoms with Crippen molar-refractivity contribution in [2.45, 2.75) is 44.8 Å². The van der Waals surface area contributed by atoms with Crippen LogP contribution < -0.4 is 9.47 Å². The molecular formula is C29H30O6. The van der Waals surface area contributed by atoms with Crippen LogP contribution in [0.3, 0.4) is 0 Å². The molecule has 2 unspecified atom stereocenters. The van der Waals surface area contributed by atoms with Gasteiger partial charge in [-0.3, -0.25) is 9.59 Å². The molecule has 3 rings (SSSR count). The predicted octanol–water partition coefficient (Wildman–Crippen LogP) is 5.34. The first-order valence-electron chi connectivity index (χ1n) is 11.5. The molecule has 0 saturated carbocycles. The van der Waals surface area contributed by atoms with E-state index < -0.39 is 22.8 Å². The molecule has 1 aliphatic carbocycles. The Bertz CT molecular complexity index is 1170. The number of allylic oxidation sites excluding steroid dienone is 2. The summed E-state index contributed by atoms with van der Waals surface area (Å²) in [6, 6.07) is 12.7. The SMILES string of the molecule is CCC=COc1ccc(C(=O)C2(O)C=CC(O)(C(=O)c3ccc(OC=CCC)cc3)C(C)=C2)cc1. The van der Waals surface area contributed by atoms with Crippen LogP contribution >= 0.6 is 0 Å². The van der Waals surface area contributed by atoms with Crippen LogP contribution in [0.2, 0.25) is 0 Å². The van der Waals surface area contributed by atoms with Crippen molar-refractivity contribution in [2.24, 2.45) is 0 Å². The van der Waals surface area contributed by atoms with E-state index in [4.69, 9.17) is 9.47 Å². The topological polar surface area (TPSA) is 93.1 Å². The first kappa shape index (κ1) is 25.9. The van der Waals surface area contributed by atoms with Crippen molar-refractivity contribution in [1.82, 2.24) is 0 Å². The summed E-state index contributed by atoms with van der Waals surface area (Å²) in [5.41, 5.74) is -3.31. The molecule has 2 atom stereocenters. The van der Waals surface area contributed by atoms with Gasteiger partial charge in [-0.25, -0.2) is 0 Å². The van der Waals surface area contributed by atoms with E-state index >= 15 is 0 Å². The number of ketones is 2. The summed E-state index contributed by atoms with van der Waals surface area (Å²) in [5, 5.41) is 22.2. The fourth-order valence-electron chi connectivity index (χ4n) is 3.53. The molecule has 2 aromatic carbocycles. The fourth-order valence-corrected chi connectivity index (χ4v) is 3.53. The number of hydrogen-bond acceptors (Lipinski definition) is 6. The first-order valence-corrected chi connectivity index (χ1v) is 11.5. The molecule has 0 saturated heterocycles. The van der Waals surface area contributed by atoms with E-state index in [2.05, 4.69) is 0 Å². The van der Waals surface area contributed by atoms with Gasteiger partial charge in [-0.2, -0.15) is 0 Å². The fraction of sp³-hybridized carbons (Fsp3) is 0.241. The van der Waals surface area contributed by atoms with E-state index in [1.807, 2.05) is 26.0 Å². The van der Waals surface area contributed by atoms with Gasteiger partial charge in [0.1, 0.15) is 11.5 Å². The molecular weight excluding hydrogens is 444 g/mol. The highest BCUT2D eigenvalue weighted by Gasteiger charge is 2.44. The minimum Gasteiger partial charge on any atom is -0.465 e. The summed E-state index contributed by atoms with van der Waals surface area (Å²) >= 11 is 0. The summed E-state index contributed by atoms with van der Waals surface area (Å²) in [6.45, 7) is 5.48. The summed E-state index contributed by atoms with van der Waals surface area (Å²) < 4.78 is 10.9. The summed E-state index contributed by atoms with van der Waals surface area (Å²) in [4.78, 5) is 26.2. The van der Waals surface area contributed by atoms with Gasteiger partial charge in [-0.05, 0) is 104 Å². The van der Waals surface area contributed by atoms with Crippen LogP contribution in [0.25, 0.3) is 0 Å². The Morgan fingerprint density at radius 3 is 1.66 bits per heavy atom. The molecule has 6 nitrogen and oxygen atoms in total. The van der Waals surface area contributed by atoms with Crippen LogP contribution in [-0.4, -0.2) is 33.0 Å². The average molecular weight is 475 g/mol. The predicted molar refractivity (Wildman–Crippen MR) is 134 cm³/mol. The van der Waals surface area contributed by atoms with Gasteiger partial charge in [-0.1, -0.05) is 13.8 Å². The van der Waals surface area contributed by atoms with Crippen molar-refractivity contribution in [3.05, 3.63) is 108 Å². The van der Waals surface area contributed by atoms with Crippen molar-refractivity contribution < 1.29 is 29.3 Å². The zero-order valence-electron chi connectivity index (χ0n) is 20.1. The maximum absolute atomic E-state index is 13.1.